The zero-order chi connectivity index (χ0) is 19.8. The van der Waals surface area contributed by atoms with Crippen LogP contribution in [0.1, 0.15) is 31.2 Å². The number of carbonyl (C=O) groups excluding carboxylic acids is 1. The Morgan fingerprint density at radius 2 is 1.97 bits per heavy atom. The Bertz CT molecular complexity index is 1030. The Morgan fingerprint density at radius 1 is 1.14 bits per heavy atom. The zero-order valence-electron chi connectivity index (χ0n) is 16.2. The molecule has 2 aliphatic rings. The maximum atomic E-state index is 13.6. The Morgan fingerprint density at radius 3 is 2.72 bits per heavy atom. The molecule has 1 amide bonds. The van der Waals surface area contributed by atoms with Gasteiger partial charge in [0.25, 0.3) is 0 Å². The number of alkyl halides is 1. The van der Waals surface area contributed by atoms with Crippen molar-refractivity contribution in [1.29, 1.82) is 0 Å². The van der Waals surface area contributed by atoms with Gasteiger partial charge in [0, 0.05) is 24.6 Å². The molecule has 6 nitrogen and oxygen atoms in total. The third-order valence-electron chi connectivity index (χ3n) is 5.65. The van der Waals surface area contributed by atoms with Crippen molar-refractivity contribution in [3.05, 3.63) is 48.0 Å². The summed E-state index contributed by atoms with van der Waals surface area (Å²) in [6.45, 7) is 2.25. The molecule has 2 fully saturated rings. The molecule has 1 atom stereocenters. The van der Waals surface area contributed by atoms with Crippen molar-refractivity contribution in [3.63, 3.8) is 0 Å². The predicted molar refractivity (Wildman–Crippen MR) is 109 cm³/mol. The number of amides is 1. The number of hydrogen-bond donors (Lipinski definition) is 1. The minimum Gasteiger partial charge on any atom is -0.296 e. The van der Waals surface area contributed by atoms with E-state index in [0.717, 1.165) is 43.6 Å². The number of likely N-dealkylation sites (tertiary alicyclic amines) is 1. The number of benzene rings is 1. The largest absolute Gasteiger partial charge is 0.296 e. The molecule has 150 valence electrons. The van der Waals surface area contributed by atoms with E-state index < -0.39 is 6.17 Å². The lowest BCUT2D eigenvalue weighted by molar-refractivity contribution is -0.117. The second kappa shape index (κ2) is 7.55. The van der Waals surface area contributed by atoms with E-state index in [-0.39, 0.29) is 11.8 Å². The summed E-state index contributed by atoms with van der Waals surface area (Å²) in [5.74, 6) is 0.457. The van der Waals surface area contributed by atoms with Crippen LogP contribution < -0.4 is 5.32 Å². The Labute approximate surface area is 168 Å². The van der Waals surface area contributed by atoms with Crippen LogP contribution >= 0.6 is 0 Å². The highest BCUT2D eigenvalue weighted by Gasteiger charge is 2.30. The molecule has 1 unspecified atom stereocenters. The monoisotopic (exact) mass is 393 g/mol. The second-order valence-corrected chi connectivity index (χ2v) is 8.05. The SMILES string of the molecule is O=C(Nc1nc2cccc(-c3ccc(CN4CCCC(F)C4)cc3)n2n1)C1CC1. The lowest BCUT2D eigenvalue weighted by Gasteiger charge is -2.28. The average molecular weight is 393 g/mol. The summed E-state index contributed by atoms with van der Waals surface area (Å²) in [7, 11) is 0. The Kier molecular flexibility index (Phi) is 4.75. The molecule has 3 heterocycles. The van der Waals surface area contributed by atoms with Gasteiger partial charge in [-0.1, -0.05) is 30.3 Å². The Balaban J connectivity index is 1.35. The number of hydrogen-bond acceptors (Lipinski definition) is 4. The molecule has 1 saturated heterocycles. The normalized spacial score (nSPS) is 20.1. The highest BCUT2D eigenvalue weighted by Crippen LogP contribution is 2.30. The number of nitrogens with one attached hydrogen (secondary N) is 1. The fourth-order valence-electron chi connectivity index (χ4n) is 3.92. The van der Waals surface area contributed by atoms with Gasteiger partial charge in [-0.05, 0) is 49.9 Å². The number of nitrogens with zero attached hydrogens (tertiary/aromatic N) is 4. The van der Waals surface area contributed by atoms with E-state index >= 15 is 0 Å². The summed E-state index contributed by atoms with van der Waals surface area (Å²) in [5.41, 5.74) is 3.80. The van der Waals surface area contributed by atoms with E-state index in [4.69, 9.17) is 0 Å². The van der Waals surface area contributed by atoms with Crippen LogP contribution in [0.4, 0.5) is 10.3 Å². The van der Waals surface area contributed by atoms with Crippen molar-refractivity contribution in [2.24, 2.45) is 5.92 Å². The standard InChI is InChI=1S/C22H24FN5O/c23-18-3-2-12-27(14-18)13-15-6-8-16(9-7-15)19-4-1-5-20-24-22(26-28(19)20)25-21(29)17-10-11-17/h1,4-9,17-18H,2-3,10-14H2,(H,25,26,29). The van der Waals surface area contributed by atoms with Gasteiger partial charge in [-0.2, -0.15) is 4.98 Å². The van der Waals surface area contributed by atoms with Crippen LogP contribution in [0.5, 0.6) is 0 Å². The predicted octanol–water partition coefficient (Wildman–Crippen LogP) is 3.68. The van der Waals surface area contributed by atoms with Crippen molar-refractivity contribution in [1.82, 2.24) is 19.5 Å². The lowest BCUT2D eigenvalue weighted by atomic mass is 10.1. The maximum Gasteiger partial charge on any atom is 0.249 e. The number of halogens is 1. The van der Waals surface area contributed by atoms with E-state index in [2.05, 4.69) is 44.6 Å². The quantitative estimate of drug-likeness (QED) is 0.718. The van der Waals surface area contributed by atoms with E-state index in [1.165, 1.54) is 5.56 Å². The second-order valence-electron chi connectivity index (χ2n) is 8.05. The first-order valence-electron chi connectivity index (χ1n) is 10.3. The minimum atomic E-state index is -0.706. The number of piperidine rings is 1. The molecule has 2 aromatic heterocycles. The van der Waals surface area contributed by atoms with Gasteiger partial charge in [0.1, 0.15) is 6.17 Å². The van der Waals surface area contributed by atoms with Crippen molar-refractivity contribution >= 4 is 17.5 Å². The smallest absolute Gasteiger partial charge is 0.249 e. The van der Waals surface area contributed by atoms with Gasteiger partial charge in [-0.15, -0.1) is 5.10 Å². The van der Waals surface area contributed by atoms with Crippen molar-refractivity contribution in [2.75, 3.05) is 18.4 Å². The molecule has 1 saturated carbocycles. The number of aromatic nitrogens is 3. The highest BCUT2D eigenvalue weighted by atomic mass is 19.1. The van der Waals surface area contributed by atoms with Gasteiger partial charge >= 0.3 is 0 Å². The van der Waals surface area contributed by atoms with Crippen LogP contribution in [-0.4, -0.2) is 44.7 Å². The molecule has 7 heteroatoms. The number of carbonyl (C=O) groups is 1. The lowest BCUT2D eigenvalue weighted by Crippen LogP contribution is -2.35. The van der Waals surface area contributed by atoms with Crippen LogP contribution in [0.15, 0.2) is 42.5 Å². The summed E-state index contributed by atoms with van der Waals surface area (Å²) in [4.78, 5) is 18.6. The Hall–Kier alpha value is -2.80. The third-order valence-corrected chi connectivity index (χ3v) is 5.65. The van der Waals surface area contributed by atoms with Crippen molar-refractivity contribution < 1.29 is 9.18 Å². The van der Waals surface area contributed by atoms with Crippen molar-refractivity contribution in [3.8, 4) is 11.3 Å². The molecule has 5 rings (SSSR count). The highest BCUT2D eigenvalue weighted by molar-refractivity contribution is 5.92. The van der Waals surface area contributed by atoms with Gasteiger partial charge < -0.3 is 0 Å². The zero-order valence-corrected chi connectivity index (χ0v) is 16.2. The maximum absolute atomic E-state index is 13.6. The molecule has 0 radical (unpaired) electrons. The van der Waals surface area contributed by atoms with E-state index in [1.54, 1.807) is 4.52 Å². The summed E-state index contributed by atoms with van der Waals surface area (Å²) in [6, 6.07) is 14.1. The molecule has 1 aliphatic carbocycles. The van der Waals surface area contributed by atoms with Crippen LogP contribution in [-0.2, 0) is 11.3 Å². The van der Waals surface area contributed by atoms with Crippen LogP contribution in [0.25, 0.3) is 16.9 Å². The molecule has 29 heavy (non-hydrogen) atoms. The number of fused-ring (bicyclic) bond motifs is 1. The summed E-state index contributed by atoms with van der Waals surface area (Å²) >= 11 is 0. The van der Waals surface area contributed by atoms with Gasteiger partial charge in [-0.3, -0.25) is 15.0 Å². The number of pyridine rings is 1. The molecule has 1 aliphatic heterocycles. The van der Waals surface area contributed by atoms with Crippen molar-refractivity contribution in [2.45, 2.75) is 38.4 Å². The first-order valence-corrected chi connectivity index (χ1v) is 10.3. The number of anilines is 1. The first-order chi connectivity index (χ1) is 14.2. The number of rotatable bonds is 5. The third kappa shape index (κ3) is 4.00. The molecule has 1 aromatic carbocycles. The van der Waals surface area contributed by atoms with Gasteiger partial charge in [0.15, 0.2) is 5.65 Å². The van der Waals surface area contributed by atoms with Gasteiger partial charge in [-0.25, -0.2) is 8.91 Å². The average Bonchev–Trinajstić information content (AvgIpc) is 3.49. The molecular formula is C22H24FN5O. The molecular weight excluding hydrogens is 369 g/mol. The summed E-state index contributed by atoms with van der Waals surface area (Å²) < 4.78 is 15.4. The first kappa shape index (κ1) is 18.2. The van der Waals surface area contributed by atoms with E-state index in [9.17, 15) is 9.18 Å². The van der Waals surface area contributed by atoms with Gasteiger partial charge in [0.05, 0.1) is 5.69 Å². The molecule has 1 N–H and O–H groups in total. The molecule has 0 spiro atoms. The minimum absolute atomic E-state index is 0.0000371. The fraction of sp³-hybridized carbons (Fsp3) is 0.409. The summed E-state index contributed by atoms with van der Waals surface area (Å²) in [5, 5.41) is 7.30. The molecule has 3 aromatic rings. The van der Waals surface area contributed by atoms with Crippen LogP contribution in [0.3, 0.4) is 0 Å². The van der Waals surface area contributed by atoms with E-state index in [1.807, 2.05) is 18.2 Å². The van der Waals surface area contributed by atoms with E-state index in [0.29, 0.717) is 24.6 Å². The van der Waals surface area contributed by atoms with Crippen LogP contribution in [0.2, 0.25) is 0 Å². The van der Waals surface area contributed by atoms with Gasteiger partial charge in [0.2, 0.25) is 11.9 Å². The molecule has 0 bridgehead atoms. The topological polar surface area (TPSA) is 62.5 Å². The fourth-order valence-corrected chi connectivity index (χ4v) is 3.92. The van der Waals surface area contributed by atoms with Crippen LogP contribution in [0, 0.1) is 5.92 Å². The summed E-state index contributed by atoms with van der Waals surface area (Å²) in [6.07, 6.45) is 2.79.